The van der Waals surface area contributed by atoms with Gasteiger partial charge in [-0.05, 0) is 45.7 Å². The van der Waals surface area contributed by atoms with E-state index in [2.05, 4.69) is 0 Å². The number of hydrogen-bond donors (Lipinski definition) is 2. The zero-order chi connectivity index (χ0) is 14.9. The lowest BCUT2D eigenvalue weighted by atomic mass is 9.86. The van der Waals surface area contributed by atoms with E-state index < -0.39 is 0 Å². The molecule has 0 saturated heterocycles. The van der Waals surface area contributed by atoms with Crippen molar-refractivity contribution in [2.24, 2.45) is 5.73 Å². The molecule has 0 spiro atoms. The van der Waals surface area contributed by atoms with Gasteiger partial charge in [0.05, 0.1) is 5.39 Å². The van der Waals surface area contributed by atoms with Crippen molar-refractivity contribution < 1.29 is 13.9 Å². The molecule has 3 N–H and O–H groups in total. The highest BCUT2D eigenvalue weighted by Gasteiger charge is 2.50. The third-order valence-corrected chi connectivity index (χ3v) is 4.84. The number of aryl methyl sites for hydroxylation is 2. The second-order valence-corrected chi connectivity index (χ2v) is 6.37. The SMILES string of the molecule is Cc1cc2c(C3(C(C)N)CC3)c3oc(C)cc3c(O)c2o1. The lowest BCUT2D eigenvalue weighted by Gasteiger charge is -2.21. The van der Waals surface area contributed by atoms with Crippen LogP contribution in [0.15, 0.2) is 21.0 Å². The fourth-order valence-corrected chi connectivity index (χ4v) is 3.56. The average molecular weight is 285 g/mol. The van der Waals surface area contributed by atoms with Gasteiger partial charge in [0.15, 0.2) is 11.3 Å². The van der Waals surface area contributed by atoms with E-state index in [9.17, 15) is 5.11 Å². The highest BCUT2D eigenvalue weighted by atomic mass is 16.4. The van der Waals surface area contributed by atoms with Crippen LogP contribution in [-0.4, -0.2) is 11.1 Å². The summed E-state index contributed by atoms with van der Waals surface area (Å²) in [5.41, 5.74) is 8.60. The van der Waals surface area contributed by atoms with E-state index in [-0.39, 0.29) is 17.2 Å². The van der Waals surface area contributed by atoms with E-state index in [1.54, 1.807) is 0 Å². The van der Waals surface area contributed by atoms with E-state index in [0.717, 1.165) is 46.3 Å². The Morgan fingerprint density at radius 3 is 2.24 bits per heavy atom. The number of nitrogens with two attached hydrogens (primary N) is 1. The molecule has 1 atom stereocenters. The van der Waals surface area contributed by atoms with Crippen molar-refractivity contribution in [3.05, 3.63) is 29.2 Å². The maximum atomic E-state index is 10.5. The molecule has 0 amide bonds. The third kappa shape index (κ3) is 1.54. The predicted molar refractivity (Wildman–Crippen MR) is 81.7 cm³/mol. The predicted octanol–water partition coefficient (Wildman–Crippen LogP) is 3.88. The highest BCUT2D eigenvalue weighted by molar-refractivity contribution is 6.05. The topological polar surface area (TPSA) is 72.5 Å². The summed E-state index contributed by atoms with van der Waals surface area (Å²) in [6.07, 6.45) is 2.09. The molecule has 4 rings (SSSR count). The number of phenolic OH excluding ortho intramolecular Hbond substituents is 1. The third-order valence-electron chi connectivity index (χ3n) is 4.84. The zero-order valence-electron chi connectivity index (χ0n) is 12.5. The van der Waals surface area contributed by atoms with Crippen molar-refractivity contribution in [2.45, 2.75) is 45.1 Å². The van der Waals surface area contributed by atoms with Crippen LogP contribution < -0.4 is 5.73 Å². The van der Waals surface area contributed by atoms with Crippen molar-refractivity contribution in [3.63, 3.8) is 0 Å². The molecule has 1 aromatic carbocycles. The van der Waals surface area contributed by atoms with Gasteiger partial charge >= 0.3 is 0 Å². The Morgan fingerprint density at radius 2 is 1.67 bits per heavy atom. The molecule has 1 saturated carbocycles. The van der Waals surface area contributed by atoms with Crippen LogP contribution in [0.1, 0.15) is 36.8 Å². The zero-order valence-corrected chi connectivity index (χ0v) is 12.5. The van der Waals surface area contributed by atoms with Gasteiger partial charge in [-0.1, -0.05) is 0 Å². The van der Waals surface area contributed by atoms with Gasteiger partial charge in [0, 0.05) is 22.4 Å². The highest BCUT2D eigenvalue weighted by Crippen LogP contribution is 2.56. The van der Waals surface area contributed by atoms with E-state index >= 15 is 0 Å². The molecule has 2 aromatic heterocycles. The molecule has 110 valence electrons. The number of rotatable bonds is 2. The average Bonchev–Trinajstić information content (AvgIpc) is 2.98. The minimum absolute atomic E-state index is 0.0362. The molecule has 1 aliphatic carbocycles. The Labute approximate surface area is 122 Å². The second kappa shape index (κ2) is 3.83. The van der Waals surface area contributed by atoms with Crippen molar-refractivity contribution in [1.29, 1.82) is 0 Å². The Hall–Kier alpha value is -1.94. The Kier molecular flexibility index (Phi) is 2.33. The summed E-state index contributed by atoms with van der Waals surface area (Å²) in [7, 11) is 0. The van der Waals surface area contributed by atoms with Crippen LogP contribution in [-0.2, 0) is 5.41 Å². The first-order valence-corrected chi connectivity index (χ1v) is 7.35. The number of benzene rings is 1. The van der Waals surface area contributed by atoms with E-state index in [4.69, 9.17) is 14.6 Å². The van der Waals surface area contributed by atoms with Gasteiger partial charge < -0.3 is 19.7 Å². The molecule has 1 fully saturated rings. The van der Waals surface area contributed by atoms with Crippen molar-refractivity contribution in [3.8, 4) is 5.75 Å². The summed E-state index contributed by atoms with van der Waals surface area (Å²) >= 11 is 0. The largest absolute Gasteiger partial charge is 0.504 e. The van der Waals surface area contributed by atoms with Crippen LogP contribution in [0.5, 0.6) is 5.75 Å². The molecule has 2 heterocycles. The Bertz CT molecular complexity index is 808. The Balaban J connectivity index is 2.21. The fourth-order valence-electron chi connectivity index (χ4n) is 3.56. The smallest absolute Gasteiger partial charge is 0.177 e. The standard InChI is InChI=1S/C17H19NO3/c1-8-6-11-13(17(4-5-17)10(3)18)15-12(7-9(2)20-15)14(19)16(11)21-8/h6-7,10,19H,4-5,18H2,1-3H3. The van der Waals surface area contributed by atoms with Gasteiger partial charge in [0.2, 0.25) is 0 Å². The van der Waals surface area contributed by atoms with Crippen LogP contribution in [0.4, 0.5) is 0 Å². The molecule has 1 unspecified atom stereocenters. The molecule has 1 aliphatic rings. The first kappa shape index (κ1) is 12.8. The quantitative estimate of drug-likeness (QED) is 0.749. The van der Waals surface area contributed by atoms with Gasteiger partial charge in [-0.2, -0.15) is 0 Å². The normalized spacial score (nSPS) is 18.5. The van der Waals surface area contributed by atoms with Crippen molar-refractivity contribution >= 4 is 21.9 Å². The van der Waals surface area contributed by atoms with Crippen molar-refractivity contribution in [1.82, 2.24) is 0 Å². The van der Waals surface area contributed by atoms with Gasteiger partial charge in [-0.25, -0.2) is 0 Å². The number of hydrogen-bond acceptors (Lipinski definition) is 4. The fraction of sp³-hybridized carbons (Fsp3) is 0.412. The van der Waals surface area contributed by atoms with Crippen LogP contribution in [0.25, 0.3) is 21.9 Å². The maximum Gasteiger partial charge on any atom is 0.177 e. The summed E-state index contributed by atoms with van der Waals surface area (Å²) in [6.45, 7) is 5.82. The summed E-state index contributed by atoms with van der Waals surface area (Å²) in [4.78, 5) is 0. The second-order valence-electron chi connectivity index (χ2n) is 6.37. The first-order valence-electron chi connectivity index (χ1n) is 7.35. The monoisotopic (exact) mass is 285 g/mol. The van der Waals surface area contributed by atoms with Crippen LogP contribution in [0.2, 0.25) is 0 Å². The van der Waals surface area contributed by atoms with Crippen molar-refractivity contribution in [2.75, 3.05) is 0 Å². The molecule has 0 radical (unpaired) electrons. The number of furan rings is 2. The molecule has 4 nitrogen and oxygen atoms in total. The molecule has 3 aromatic rings. The number of fused-ring (bicyclic) bond motifs is 2. The molecular formula is C17H19NO3. The number of aromatic hydroxyl groups is 1. The van der Waals surface area contributed by atoms with Gasteiger partial charge in [0.1, 0.15) is 17.1 Å². The summed E-state index contributed by atoms with van der Waals surface area (Å²) < 4.78 is 11.6. The summed E-state index contributed by atoms with van der Waals surface area (Å²) in [5, 5.41) is 12.2. The molecule has 0 bridgehead atoms. The van der Waals surface area contributed by atoms with E-state index in [0.29, 0.717) is 5.58 Å². The molecule has 0 aliphatic heterocycles. The van der Waals surface area contributed by atoms with Crippen LogP contribution >= 0.6 is 0 Å². The molecular weight excluding hydrogens is 266 g/mol. The van der Waals surface area contributed by atoms with Gasteiger partial charge in [-0.3, -0.25) is 0 Å². The lowest BCUT2D eigenvalue weighted by Crippen LogP contribution is -2.31. The van der Waals surface area contributed by atoms with E-state index in [1.165, 1.54) is 0 Å². The summed E-state index contributed by atoms with van der Waals surface area (Å²) in [6, 6.07) is 3.88. The van der Waals surface area contributed by atoms with Crippen LogP contribution in [0.3, 0.4) is 0 Å². The molecule has 4 heteroatoms. The summed E-state index contributed by atoms with van der Waals surface area (Å²) in [5.74, 6) is 1.73. The minimum Gasteiger partial charge on any atom is -0.504 e. The van der Waals surface area contributed by atoms with Crippen LogP contribution in [0, 0.1) is 13.8 Å². The maximum absolute atomic E-state index is 10.5. The van der Waals surface area contributed by atoms with Gasteiger partial charge in [-0.15, -0.1) is 0 Å². The van der Waals surface area contributed by atoms with Gasteiger partial charge in [0.25, 0.3) is 0 Å². The molecule has 21 heavy (non-hydrogen) atoms. The Morgan fingerprint density at radius 1 is 1.10 bits per heavy atom. The number of phenols is 1. The first-order chi connectivity index (χ1) is 9.94. The lowest BCUT2D eigenvalue weighted by molar-refractivity contribution is 0.465. The van der Waals surface area contributed by atoms with E-state index in [1.807, 2.05) is 32.9 Å². The minimum atomic E-state index is -0.0647.